The number of aromatic nitrogens is 1. The quantitative estimate of drug-likeness (QED) is 0.373. The highest BCUT2D eigenvalue weighted by atomic mass is 35.5. The lowest BCUT2D eigenvalue weighted by Crippen LogP contribution is -2.06. The third-order valence-electron chi connectivity index (χ3n) is 3.91. The van der Waals surface area contributed by atoms with E-state index in [0.717, 1.165) is 0 Å². The van der Waals surface area contributed by atoms with Gasteiger partial charge in [-0.15, -0.1) is 0 Å². The van der Waals surface area contributed by atoms with Crippen LogP contribution in [-0.4, -0.2) is 16.1 Å². The van der Waals surface area contributed by atoms with Crippen molar-refractivity contribution < 1.29 is 9.90 Å². The van der Waals surface area contributed by atoms with E-state index in [4.69, 9.17) is 69.6 Å². The van der Waals surface area contributed by atoms with Crippen LogP contribution in [0.5, 0.6) is 0 Å². The highest BCUT2D eigenvalue weighted by Gasteiger charge is 2.20. The maximum atomic E-state index is 11.4. The van der Waals surface area contributed by atoms with Gasteiger partial charge < -0.3 is 5.11 Å². The Bertz CT molecular complexity index is 1100. The molecule has 0 aliphatic carbocycles. The molecule has 144 valence electrons. The summed E-state index contributed by atoms with van der Waals surface area (Å²) in [7, 11) is 0. The predicted molar refractivity (Wildman–Crippen MR) is 117 cm³/mol. The molecule has 0 spiro atoms. The largest absolute Gasteiger partial charge is 0.481 e. The van der Waals surface area contributed by atoms with Crippen LogP contribution < -0.4 is 0 Å². The predicted octanol–water partition coefficient (Wildman–Crippen LogP) is 7.96. The zero-order valence-corrected chi connectivity index (χ0v) is 18.3. The Morgan fingerprint density at radius 2 is 1.25 bits per heavy atom. The van der Waals surface area contributed by atoms with Crippen molar-refractivity contribution in [3.63, 3.8) is 0 Å². The summed E-state index contributed by atoms with van der Waals surface area (Å²) in [6, 6.07) is 9.57. The number of carboxylic acid groups (broad SMARTS) is 1. The van der Waals surface area contributed by atoms with Gasteiger partial charge in [-0.05, 0) is 30.3 Å². The minimum atomic E-state index is -1.08. The number of benzene rings is 2. The van der Waals surface area contributed by atoms with Crippen LogP contribution in [0.25, 0.3) is 22.4 Å². The Morgan fingerprint density at radius 3 is 1.82 bits per heavy atom. The monoisotopic (exact) mass is 493 g/mol. The molecule has 3 nitrogen and oxygen atoms in total. The second-order valence-electron chi connectivity index (χ2n) is 5.70. The molecule has 28 heavy (non-hydrogen) atoms. The summed E-state index contributed by atoms with van der Waals surface area (Å²) in [4.78, 5) is 15.9. The van der Waals surface area contributed by atoms with E-state index in [1.807, 2.05) is 0 Å². The standard InChI is InChI=1S/C19H9Cl6NO2/c20-9-2-4-11(22)18(24)16(9)8-1-6-13(26-14(8)7-15(27)28)17-10(21)3-5-12(23)19(17)25/h1-6H,7H2,(H,27,28). The molecule has 0 fully saturated rings. The van der Waals surface area contributed by atoms with E-state index in [2.05, 4.69) is 4.98 Å². The number of aliphatic carboxylic acids is 1. The number of hydrogen-bond acceptors (Lipinski definition) is 2. The molecule has 0 bridgehead atoms. The first-order chi connectivity index (χ1) is 13.2. The van der Waals surface area contributed by atoms with Gasteiger partial charge >= 0.3 is 5.97 Å². The van der Waals surface area contributed by atoms with Gasteiger partial charge in [-0.1, -0.05) is 75.7 Å². The maximum Gasteiger partial charge on any atom is 0.309 e. The van der Waals surface area contributed by atoms with Gasteiger partial charge in [0.2, 0.25) is 0 Å². The van der Waals surface area contributed by atoms with Crippen molar-refractivity contribution in [1.29, 1.82) is 0 Å². The third kappa shape index (κ3) is 4.20. The fourth-order valence-corrected chi connectivity index (χ4v) is 4.14. The highest BCUT2D eigenvalue weighted by molar-refractivity contribution is 6.47. The first-order valence-corrected chi connectivity index (χ1v) is 9.97. The van der Waals surface area contributed by atoms with Crippen molar-refractivity contribution >= 4 is 75.6 Å². The van der Waals surface area contributed by atoms with Crippen molar-refractivity contribution in [2.24, 2.45) is 0 Å². The van der Waals surface area contributed by atoms with E-state index < -0.39 is 5.97 Å². The van der Waals surface area contributed by atoms with Crippen molar-refractivity contribution in [2.75, 3.05) is 0 Å². The van der Waals surface area contributed by atoms with Crippen LogP contribution in [0.15, 0.2) is 36.4 Å². The molecule has 3 aromatic rings. The van der Waals surface area contributed by atoms with Gasteiger partial charge in [0, 0.05) is 16.7 Å². The average molecular weight is 496 g/mol. The van der Waals surface area contributed by atoms with E-state index >= 15 is 0 Å². The summed E-state index contributed by atoms with van der Waals surface area (Å²) in [5.41, 5.74) is 1.83. The van der Waals surface area contributed by atoms with Crippen LogP contribution >= 0.6 is 69.6 Å². The Balaban J connectivity index is 2.28. The van der Waals surface area contributed by atoms with Gasteiger partial charge in [0.1, 0.15) is 0 Å². The second-order valence-corrected chi connectivity index (χ2v) is 8.08. The van der Waals surface area contributed by atoms with Crippen molar-refractivity contribution in [1.82, 2.24) is 4.98 Å². The van der Waals surface area contributed by atoms with E-state index in [-0.39, 0.29) is 27.2 Å². The Morgan fingerprint density at radius 1 is 0.750 bits per heavy atom. The molecule has 0 amide bonds. The minimum absolute atomic E-state index is 0.203. The van der Waals surface area contributed by atoms with E-state index in [1.54, 1.807) is 36.4 Å². The topological polar surface area (TPSA) is 50.2 Å². The zero-order valence-electron chi connectivity index (χ0n) is 13.7. The number of nitrogens with zero attached hydrogens (tertiary/aromatic N) is 1. The molecule has 0 radical (unpaired) electrons. The van der Waals surface area contributed by atoms with Crippen LogP contribution in [0.2, 0.25) is 30.1 Å². The zero-order chi connectivity index (χ0) is 20.6. The fourth-order valence-electron chi connectivity index (χ4n) is 2.68. The summed E-state index contributed by atoms with van der Waals surface area (Å²) in [6.07, 6.45) is -0.377. The van der Waals surface area contributed by atoms with Crippen molar-refractivity contribution in [2.45, 2.75) is 6.42 Å². The molecule has 3 rings (SSSR count). The molecule has 9 heteroatoms. The van der Waals surface area contributed by atoms with Crippen LogP contribution in [0.4, 0.5) is 0 Å². The van der Waals surface area contributed by atoms with E-state index in [1.165, 1.54) is 0 Å². The van der Waals surface area contributed by atoms with E-state index in [9.17, 15) is 9.90 Å². The van der Waals surface area contributed by atoms with Crippen LogP contribution in [-0.2, 0) is 11.2 Å². The summed E-state index contributed by atoms with van der Waals surface area (Å²) in [5, 5.41) is 11.0. The third-order valence-corrected chi connectivity index (χ3v) is 6.14. The first kappa shape index (κ1) is 21.5. The molecule has 1 aromatic heterocycles. The summed E-state index contributed by atoms with van der Waals surface area (Å²) in [5.74, 6) is -1.08. The Kier molecular flexibility index (Phi) is 6.65. The smallest absolute Gasteiger partial charge is 0.309 e. The molecule has 0 saturated heterocycles. The first-order valence-electron chi connectivity index (χ1n) is 7.70. The van der Waals surface area contributed by atoms with Crippen LogP contribution in [0.1, 0.15) is 5.69 Å². The Labute approximate surface area is 190 Å². The summed E-state index contributed by atoms with van der Waals surface area (Å²) in [6.45, 7) is 0. The molecule has 2 aromatic carbocycles. The van der Waals surface area contributed by atoms with Gasteiger partial charge in [-0.2, -0.15) is 0 Å². The van der Waals surface area contributed by atoms with Crippen LogP contribution in [0.3, 0.4) is 0 Å². The molecular formula is C19H9Cl6NO2. The Hall–Kier alpha value is -1.20. The van der Waals surface area contributed by atoms with Crippen molar-refractivity contribution in [3.05, 3.63) is 72.2 Å². The molecule has 1 heterocycles. The number of rotatable bonds is 4. The molecule has 0 aliphatic rings. The fraction of sp³-hybridized carbons (Fsp3) is 0.0526. The van der Waals surface area contributed by atoms with Gasteiger partial charge in [0.15, 0.2) is 0 Å². The molecule has 0 unspecified atom stereocenters. The second kappa shape index (κ2) is 8.66. The van der Waals surface area contributed by atoms with Crippen molar-refractivity contribution in [3.8, 4) is 22.4 Å². The molecule has 0 aliphatic heterocycles. The number of carboxylic acids is 1. The average Bonchev–Trinajstić information content (AvgIpc) is 2.63. The molecule has 0 saturated carbocycles. The maximum absolute atomic E-state index is 11.4. The summed E-state index contributed by atoms with van der Waals surface area (Å²) < 4.78 is 0. The highest BCUT2D eigenvalue weighted by Crippen LogP contribution is 2.43. The van der Waals surface area contributed by atoms with E-state index in [0.29, 0.717) is 37.5 Å². The number of hydrogen-bond donors (Lipinski definition) is 1. The van der Waals surface area contributed by atoms with Gasteiger partial charge in [-0.3, -0.25) is 9.78 Å². The molecular weight excluding hydrogens is 487 g/mol. The molecule has 1 N–H and O–H groups in total. The lowest BCUT2D eigenvalue weighted by atomic mass is 10.00. The van der Waals surface area contributed by atoms with Crippen LogP contribution in [0, 0.1) is 0 Å². The molecule has 0 atom stereocenters. The summed E-state index contributed by atoms with van der Waals surface area (Å²) >= 11 is 37.3. The lowest BCUT2D eigenvalue weighted by Gasteiger charge is -2.15. The number of carbonyl (C=O) groups is 1. The number of pyridine rings is 1. The van der Waals surface area contributed by atoms with Gasteiger partial charge in [-0.25, -0.2) is 0 Å². The normalized spacial score (nSPS) is 10.9. The van der Waals surface area contributed by atoms with Gasteiger partial charge in [0.05, 0.1) is 47.9 Å². The SMILES string of the molecule is O=C(O)Cc1nc(-c2c(Cl)ccc(Cl)c2Cl)ccc1-c1c(Cl)ccc(Cl)c1Cl. The van der Waals surface area contributed by atoms with Gasteiger partial charge in [0.25, 0.3) is 0 Å². The lowest BCUT2D eigenvalue weighted by molar-refractivity contribution is -0.136. The number of halogens is 6. The minimum Gasteiger partial charge on any atom is -0.481 e.